The van der Waals surface area contributed by atoms with Gasteiger partial charge in [-0.2, -0.15) is 0 Å². The van der Waals surface area contributed by atoms with Crippen LogP contribution in [0.15, 0.2) is 66.4 Å². The Labute approximate surface area is 188 Å². The number of ether oxygens (including phenoxy) is 2. The van der Waals surface area contributed by atoms with E-state index in [0.717, 1.165) is 58.7 Å². The number of aromatic nitrogens is 1. The van der Waals surface area contributed by atoms with Crippen LogP contribution in [0.4, 0.5) is 5.69 Å². The van der Waals surface area contributed by atoms with Gasteiger partial charge in [-0.15, -0.1) is 0 Å². The maximum atomic E-state index is 12.1. The molecule has 2 aromatic carbocycles. The summed E-state index contributed by atoms with van der Waals surface area (Å²) in [5.74, 6) is 1.67. The van der Waals surface area contributed by atoms with E-state index >= 15 is 0 Å². The van der Waals surface area contributed by atoms with Crippen LogP contribution in [0.25, 0.3) is 10.9 Å². The smallest absolute Gasteiger partial charge is 0.163 e. The monoisotopic (exact) mass is 428 g/mol. The van der Waals surface area contributed by atoms with Crippen LogP contribution in [-0.4, -0.2) is 24.0 Å². The number of fused-ring (bicyclic) bond motifs is 1. The van der Waals surface area contributed by atoms with Crippen molar-refractivity contribution in [2.24, 2.45) is 0 Å². The Morgan fingerprint density at radius 2 is 1.84 bits per heavy atom. The number of para-hydroxylation sites is 1. The Hall–Kier alpha value is -3.34. The van der Waals surface area contributed by atoms with E-state index in [9.17, 15) is 4.79 Å². The average Bonchev–Trinajstić information content (AvgIpc) is 3.49. The minimum Gasteiger partial charge on any atom is -0.493 e. The summed E-state index contributed by atoms with van der Waals surface area (Å²) < 4.78 is 11.9. The molecule has 5 nitrogen and oxygen atoms in total. The molecule has 0 aliphatic heterocycles. The van der Waals surface area contributed by atoms with Gasteiger partial charge in [0.1, 0.15) is 0 Å². The molecule has 0 unspecified atom stereocenters. The molecule has 2 aliphatic rings. The number of carbonyl (C=O) groups excluding carboxylic acids is 1. The van der Waals surface area contributed by atoms with E-state index in [-0.39, 0.29) is 11.9 Å². The van der Waals surface area contributed by atoms with Crippen LogP contribution < -0.4 is 14.4 Å². The first-order valence-electron chi connectivity index (χ1n) is 11.4. The first-order chi connectivity index (χ1) is 15.7. The lowest BCUT2D eigenvalue weighted by Crippen LogP contribution is -2.22. The van der Waals surface area contributed by atoms with Gasteiger partial charge in [-0.3, -0.25) is 9.78 Å². The van der Waals surface area contributed by atoms with Gasteiger partial charge in [0, 0.05) is 35.3 Å². The number of methoxy groups -OCH3 is 1. The van der Waals surface area contributed by atoms with Crippen molar-refractivity contribution in [1.82, 2.24) is 4.98 Å². The zero-order valence-corrected chi connectivity index (χ0v) is 18.4. The lowest BCUT2D eigenvalue weighted by atomic mass is 10.1. The second-order valence-electron chi connectivity index (χ2n) is 8.54. The molecule has 0 radical (unpaired) electrons. The third-order valence-corrected chi connectivity index (χ3v) is 6.33. The molecule has 2 aliphatic carbocycles. The van der Waals surface area contributed by atoms with Crippen molar-refractivity contribution in [2.45, 2.75) is 51.2 Å². The number of hydrogen-bond acceptors (Lipinski definition) is 5. The SMILES string of the molecule is COc1ccc(N(Cc2ccc3ccccc3n2)C2=CC(=O)CC2)cc1OC1CCCC1. The van der Waals surface area contributed by atoms with Gasteiger partial charge in [-0.05, 0) is 56.4 Å². The quantitative estimate of drug-likeness (QED) is 0.475. The molecule has 5 heteroatoms. The Bertz CT molecular complexity index is 1160. The summed E-state index contributed by atoms with van der Waals surface area (Å²) in [5, 5.41) is 1.12. The van der Waals surface area contributed by atoms with Gasteiger partial charge in [-0.25, -0.2) is 0 Å². The normalized spacial score (nSPS) is 16.4. The fourth-order valence-electron chi connectivity index (χ4n) is 4.62. The highest BCUT2D eigenvalue weighted by Gasteiger charge is 2.23. The van der Waals surface area contributed by atoms with E-state index in [4.69, 9.17) is 14.5 Å². The molecule has 0 amide bonds. The highest BCUT2D eigenvalue weighted by atomic mass is 16.5. The first-order valence-corrected chi connectivity index (χ1v) is 11.4. The van der Waals surface area contributed by atoms with E-state index in [1.807, 2.05) is 36.4 Å². The lowest BCUT2D eigenvalue weighted by molar-refractivity contribution is -0.114. The number of rotatable bonds is 7. The van der Waals surface area contributed by atoms with Gasteiger partial charge in [0.15, 0.2) is 17.3 Å². The van der Waals surface area contributed by atoms with Gasteiger partial charge < -0.3 is 14.4 Å². The fourth-order valence-corrected chi connectivity index (χ4v) is 4.62. The van der Waals surface area contributed by atoms with Crippen LogP contribution in [0, 0.1) is 0 Å². The number of pyridine rings is 1. The molecule has 0 saturated heterocycles. The Balaban J connectivity index is 1.50. The molecule has 0 atom stereocenters. The Morgan fingerprint density at radius 3 is 2.62 bits per heavy atom. The zero-order chi connectivity index (χ0) is 21.9. The standard InChI is InChI=1S/C27H28N2O3/c1-31-26-15-13-22(17-27(26)32-24-7-3-4-8-24)29(21-12-14-23(30)16-21)18-20-11-10-19-6-2-5-9-25(19)28-20/h2,5-6,9-11,13,15-17,24H,3-4,7-8,12,14,18H2,1H3. The summed E-state index contributed by atoms with van der Waals surface area (Å²) in [6, 6.07) is 18.3. The molecular formula is C27H28N2O3. The van der Waals surface area contributed by atoms with Crippen LogP contribution in [0.3, 0.4) is 0 Å². The van der Waals surface area contributed by atoms with Gasteiger partial charge in [0.05, 0.1) is 31.0 Å². The Kier molecular flexibility index (Phi) is 5.80. The maximum absolute atomic E-state index is 12.1. The van der Waals surface area contributed by atoms with Crippen LogP contribution in [0.1, 0.15) is 44.2 Å². The highest BCUT2D eigenvalue weighted by Crippen LogP contribution is 2.37. The lowest BCUT2D eigenvalue weighted by Gasteiger charge is -2.27. The highest BCUT2D eigenvalue weighted by molar-refractivity contribution is 5.93. The minimum atomic E-state index is 0.174. The van der Waals surface area contributed by atoms with Crippen molar-refractivity contribution < 1.29 is 14.3 Å². The van der Waals surface area contributed by atoms with Crippen LogP contribution in [-0.2, 0) is 11.3 Å². The topological polar surface area (TPSA) is 51.7 Å². The van der Waals surface area contributed by atoms with Crippen molar-refractivity contribution in [3.05, 3.63) is 72.1 Å². The Morgan fingerprint density at radius 1 is 1.00 bits per heavy atom. The van der Waals surface area contributed by atoms with Gasteiger partial charge >= 0.3 is 0 Å². The zero-order valence-electron chi connectivity index (χ0n) is 18.4. The molecule has 1 heterocycles. The molecule has 1 fully saturated rings. The molecule has 0 N–H and O–H groups in total. The second kappa shape index (κ2) is 9.03. The van der Waals surface area contributed by atoms with Crippen molar-refractivity contribution in [3.8, 4) is 11.5 Å². The largest absolute Gasteiger partial charge is 0.493 e. The van der Waals surface area contributed by atoms with E-state index in [1.54, 1.807) is 13.2 Å². The van der Waals surface area contributed by atoms with Gasteiger partial charge in [-0.1, -0.05) is 24.3 Å². The molecule has 32 heavy (non-hydrogen) atoms. The van der Waals surface area contributed by atoms with Crippen molar-refractivity contribution in [1.29, 1.82) is 0 Å². The van der Waals surface area contributed by atoms with Crippen LogP contribution in [0.5, 0.6) is 11.5 Å². The van der Waals surface area contributed by atoms with E-state index in [0.29, 0.717) is 13.0 Å². The molecule has 1 saturated carbocycles. The van der Waals surface area contributed by atoms with Crippen molar-refractivity contribution in [2.75, 3.05) is 12.0 Å². The van der Waals surface area contributed by atoms with Gasteiger partial charge in [0.2, 0.25) is 0 Å². The number of anilines is 1. The summed E-state index contributed by atoms with van der Waals surface area (Å²) >= 11 is 0. The fraction of sp³-hybridized carbons (Fsp3) is 0.333. The summed E-state index contributed by atoms with van der Waals surface area (Å²) in [4.78, 5) is 19.1. The van der Waals surface area contributed by atoms with Crippen molar-refractivity contribution >= 4 is 22.4 Å². The van der Waals surface area contributed by atoms with E-state index < -0.39 is 0 Å². The third kappa shape index (κ3) is 4.33. The van der Waals surface area contributed by atoms with Crippen molar-refractivity contribution in [3.63, 3.8) is 0 Å². The molecule has 5 rings (SSSR count). The van der Waals surface area contributed by atoms with Gasteiger partial charge in [0.25, 0.3) is 0 Å². The summed E-state index contributed by atoms with van der Waals surface area (Å²) in [5.41, 5.74) is 3.93. The molecule has 164 valence electrons. The number of carbonyl (C=O) groups is 1. The summed E-state index contributed by atoms with van der Waals surface area (Å²) in [7, 11) is 1.67. The van der Waals surface area contributed by atoms with E-state index in [1.165, 1.54) is 12.8 Å². The molecular weight excluding hydrogens is 400 g/mol. The third-order valence-electron chi connectivity index (χ3n) is 6.33. The predicted molar refractivity (Wildman–Crippen MR) is 126 cm³/mol. The number of ketones is 1. The number of allylic oxidation sites excluding steroid dienone is 2. The predicted octanol–water partition coefficient (Wildman–Crippen LogP) is 5.82. The number of benzene rings is 2. The van der Waals surface area contributed by atoms with Crippen LogP contribution in [0.2, 0.25) is 0 Å². The van der Waals surface area contributed by atoms with E-state index in [2.05, 4.69) is 23.1 Å². The number of hydrogen-bond donors (Lipinski definition) is 0. The first kappa shape index (κ1) is 20.6. The number of nitrogens with zero attached hydrogens (tertiary/aromatic N) is 2. The molecule has 3 aromatic rings. The molecule has 0 spiro atoms. The molecule has 0 bridgehead atoms. The minimum absolute atomic E-state index is 0.174. The molecule has 1 aromatic heterocycles. The summed E-state index contributed by atoms with van der Waals surface area (Å²) in [6.07, 6.45) is 7.87. The maximum Gasteiger partial charge on any atom is 0.163 e. The van der Waals surface area contributed by atoms with Crippen LogP contribution >= 0.6 is 0 Å². The average molecular weight is 429 g/mol. The second-order valence-corrected chi connectivity index (χ2v) is 8.54. The summed E-state index contributed by atoms with van der Waals surface area (Å²) in [6.45, 7) is 0.582.